The quantitative estimate of drug-likeness (QED) is 0.710. The Morgan fingerprint density at radius 2 is 2.12 bits per heavy atom. The summed E-state index contributed by atoms with van der Waals surface area (Å²) in [5.74, 6) is -0.579. The third-order valence-electron chi connectivity index (χ3n) is 3.00. The molecule has 2 N–H and O–H groups in total. The highest BCUT2D eigenvalue weighted by Crippen LogP contribution is 2.38. The zero-order valence-corrected chi connectivity index (χ0v) is 9.68. The summed E-state index contributed by atoms with van der Waals surface area (Å²) in [5, 5.41) is 8.45. The van der Waals surface area contributed by atoms with Crippen LogP contribution in [-0.4, -0.2) is 36.7 Å². The van der Waals surface area contributed by atoms with Crippen molar-refractivity contribution in [3.05, 3.63) is 0 Å². The van der Waals surface area contributed by atoms with E-state index in [2.05, 4.69) is 6.07 Å². The average Bonchev–Trinajstić information content (AvgIpc) is 2.64. The Morgan fingerprint density at radius 1 is 1.44 bits per heavy atom. The molecule has 5 nitrogen and oxygen atoms in total. The summed E-state index contributed by atoms with van der Waals surface area (Å²) in [5.41, 5.74) is 5.99. The standard InChI is InChI=1S/C11H18N2O3/c1-11(2)15-9-7(13)6-8(10(9)16-11)14-5-3-4-12/h7-10H,3,5-6,13H2,1-2H3. The van der Waals surface area contributed by atoms with E-state index in [9.17, 15) is 0 Å². The summed E-state index contributed by atoms with van der Waals surface area (Å²) in [7, 11) is 0. The molecule has 0 bridgehead atoms. The molecule has 0 aromatic heterocycles. The highest BCUT2D eigenvalue weighted by atomic mass is 16.8. The van der Waals surface area contributed by atoms with Gasteiger partial charge in [-0.15, -0.1) is 0 Å². The van der Waals surface area contributed by atoms with E-state index in [1.807, 2.05) is 13.8 Å². The van der Waals surface area contributed by atoms with Crippen LogP contribution in [0, 0.1) is 11.3 Å². The largest absolute Gasteiger partial charge is 0.374 e. The molecule has 90 valence electrons. The van der Waals surface area contributed by atoms with Crippen LogP contribution >= 0.6 is 0 Å². The van der Waals surface area contributed by atoms with Gasteiger partial charge < -0.3 is 19.9 Å². The molecule has 2 aliphatic rings. The van der Waals surface area contributed by atoms with Gasteiger partial charge in [0.15, 0.2) is 5.79 Å². The van der Waals surface area contributed by atoms with Crippen LogP contribution in [0.1, 0.15) is 26.7 Å². The Bertz CT molecular complexity index is 300. The van der Waals surface area contributed by atoms with Gasteiger partial charge in [0.2, 0.25) is 0 Å². The van der Waals surface area contributed by atoms with E-state index in [4.69, 9.17) is 25.2 Å². The van der Waals surface area contributed by atoms with E-state index in [-0.39, 0.29) is 24.4 Å². The molecule has 16 heavy (non-hydrogen) atoms. The molecular formula is C11H18N2O3. The van der Waals surface area contributed by atoms with E-state index < -0.39 is 5.79 Å². The molecule has 4 unspecified atom stereocenters. The maximum absolute atomic E-state index is 8.45. The number of nitrogens with zero attached hydrogens (tertiary/aromatic N) is 1. The van der Waals surface area contributed by atoms with Crippen LogP contribution in [-0.2, 0) is 14.2 Å². The van der Waals surface area contributed by atoms with Crippen molar-refractivity contribution in [3.63, 3.8) is 0 Å². The van der Waals surface area contributed by atoms with Crippen LogP contribution in [0.4, 0.5) is 0 Å². The first-order chi connectivity index (χ1) is 7.53. The van der Waals surface area contributed by atoms with E-state index in [0.717, 1.165) is 6.42 Å². The number of nitrogens with two attached hydrogens (primary N) is 1. The topological polar surface area (TPSA) is 77.5 Å². The molecule has 0 amide bonds. The lowest BCUT2D eigenvalue weighted by atomic mass is 10.2. The molecule has 1 saturated carbocycles. The summed E-state index contributed by atoms with van der Waals surface area (Å²) in [4.78, 5) is 0. The van der Waals surface area contributed by atoms with Gasteiger partial charge in [-0.05, 0) is 20.3 Å². The number of fused-ring (bicyclic) bond motifs is 1. The second kappa shape index (κ2) is 4.30. The third kappa shape index (κ3) is 2.20. The van der Waals surface area contributed by atoms with Crippen molar-refractivity contribution in [2.24, 2.45) is 5.73 Å². The molecule has 1 aliphatic heterocycles. The molecule has 1 saturated heterocycles. The fourth-order valence-corrected chi connectivity index (χ4v) is 2.39. The Balaban J connectivity index is 1.94. The maximum Gasteiger partial charge on any atom is 0.163 e. The smallest absolute Gasteiger partial charge is 0.163 e. The number of nitriles is 1. The van der Waals surface area contributed by atoms with Crippen LogP contribution in [0.25, 0.3) is 0 Å². The van der Waals surface area contributed by atoms with Gasteiger partial charge in [0.25, 0.3) is 0 Å². The van der Waals surface area contributed by atoms with Gasteiger partial charge >= 0.3 is 0 Å². The molecule has 1 aliphatic carbocycles. The molecular weight excluding hydrogens is 208 g/mol. The van der Waals surface area contributed by atoms with Crippen molar-refractivity contribution in [1.82, 2.24) is 0 Å². The van der Waals surface area contributed by atoms with Crippen LogP contribution in [0.2, 0.25) is 0 Å². The van der Waals surface area contributed by atoms with Gasteiger partial charge in [0.1, 0.15) is 12.2 Å². The van der Waals surface area contributed by atoms with Gasteiger partial charge in [0, 0.05) is 6.04 Å². The van der Waals surface area contributed by atoms with Gasteiger partial charge in [-0.2, -0.15) is 5.26 Å². The van der Waals surface area contributed by atoms with E-state index in [0.29, 0.717) is 13.0 Å². The van der Waals surface area contributed by atoms with Crippen molar-refractivity contribution < 1.29 is 14.2 Å². The predicted molar refractivity (Wildman–Crippen MR) is 56.4 cm³/mol. The Hall–Kier alpha value is -0.670. The van der Waals surface area contributed by atoms with E-state index in [1.54, 1.807) is 0 Å². The van der Waals surface area contributed by atoms with Gasteiger partial charge in [-0.3, -0.25) is 0 Å². The minimum Gasteiger partial charge on any atom is -0.374 e. The van der Waals surface area contributed by atoms with Crippen molar-refractivity contribution in [1.29, 1.82) is 5.26 Å². The zero-order valence-electron chi connectivity index (χ0n) is 9.68. The van der Waals surface area contributed by atoms with Crippen molar-refractivity contribution in [2.45, 2.75) is 56.8 Å². The lowest BCUT2D eigenvalue weighted by Crippen LogP contribution is -2.35. The number of rotatable bonds is 3. The van der Waals surface area contributed by atoms with E-state index >= 15 is 0 Å². The Morgan fingerprint density at radius 3 is 2.81 bits per heavy atom. The van der Waals surface area contributed by atoms with E-state index in [1.165, 1.54) is 0 Å². The fraction of sp³-hybridized carbons (Fsp3) is 0.909. The minimum absolute atomic E-state index is 0.0427. The second-order valence-corrected chi connectivity index (χ2v) is 4.78. The minimum atomic E-state index is -0.579. The van der Waals surface area contributed by atoms with Crippen molar-refractivity contribution in [2.75, 3.05) is 6.61 Å². The van der Waals surface area contributed by atoms with Gasteiger partial charge in [-0.25, -0.2) is 0 Å². The first-order valence-electron chi connectivity index (χ1n) is 5.63. The van der Waals surface area contributed by atoms with Crippen LogP contribution in [0.15, 0.2) is 0 Å². The van der Waals surface area contributed by atoms with Crippen molar-refractivity contribution in [3.8, 4) is 6.07 Å². The fourth-order valence-electron chi connectivity index (χ4n) is 2.39. The highest BCUT2D eigenvalue weighted by Gasteiger charge is 2.53. The monoisotopic (exact) mass is 226 g/mol. The van der Waals surface area contributed by atoms with Gasteiger partial charge in [-0.1, -0.05) is 0 Å². The first-order valence-corrected chi connectivity index (χ1v) is 5.63. The number of hydrogen-bond donors (Lipinski definition) is 1. The molecule has 0 radical (unpaired) electrons. The van der Waals surface area contributed by atoms with Crippen molar-refractivity contribution >= 4 is 0 Å². The zero-order chi connectivity index (χ0) is 11.8. The predicted octanol–water partition coefficient (Wildman–Crippen LogP) is 0.536. The Labute approximate surface area is 95.5 Å². The third-order valence-corrected chi connectivity index (χ3v) is 3.00. The molecule has 5 heteroatoms. The summed E-state index contributed by atoms with van der Waals surface area (Å²) in [6.45, 7) is 4.19. The molecule has 2 rings (SSSR count). The summed E-state index contributed by atoms with van der Waals surface area (Å²) in [6, 6.07) is 2.01. The lowest BCUT2D eigenvalue weighted by Gasteiger charge is -2.22. The summed E-state index contributed by atoms with van der Waals surface area (Å²) in [6.07, 6.45) is 0.908. The maximum atomic E-state index is 8.45. The van der Waals surface area contributed by atoms with Crippen LogP contribution < -0.4 is 5.73 Å². The molecule has 4 atom stereocenters. The normalized spacial score (nSPS) is 40.6. The summed E-state index contributed by atoms with van der Waals surface area (Å²) >= 11 is 0. The molecule has 0 spiro atoms. The number of hydrogen-bond acceptors (Lipinski definition) is 5. The molecule has 0 aromatic carbocycles. The lowest BCUT2D eigenvalue weighted by molar-refractivity contribution is -0.167. The highest BCUT2D eigenvalue weighted by molar-refractivity contribution is 5.01. The molecule has 1 heterocycles. The summed E-state index contributed by atoms with van der Waals surface area (Å²) < 4.78 is 17.1. The van der Waals surface area contributed by atoms with Gasteiger partial charge in [0.05, 0.1) is 25.2 Å². The molecule has 2 fully saturated rings. The first kappa shape index (κ1) is 11.8. The SMILES string of the molecule is CC1(C)OC2C(N)CC(OCCC#N)C2O1. The second-order valence-electron chi connectivity index (χ2n) is 4.78. The average molecular weight is 226 g/mol. The number of ether oxygens (including phenoxy) is 3. The van der Waals surface area contributed by atoms with Crippen LogP contribution in [0.5, 0.6) is 0 Å². The Kier molecular flexibility index (Phi) is 3.17. The van der Waals surface area contributed by atoms with Crippen LogP contribution in [0.3, 0.4) is 0 Å². The molecule has 0 aromatic rings.